The van der Waals surface area contributed by atoms with Crippen molar-refractivity contribution in [3.63, 3.8) is 0 Å². The molecule has 3 aromatic heterocycles. The van der Waals surface area contributed by atoms with Gasteiger partial charge in [-0.15, -0.1) is 0 Å². The maximum absolute atomic E-state index is 12.3. The van der Waals surface area contributed by atoms with Gasteiger partial charge in [0.05, 0.1) is 5.69 Å². The van der Waals surface area contributed by atoms with Crippen LogP contribution in [-0.2, 0) is 11.5 Å². The molecule has 0 fully saturated rings. The lowest BCUT2D eigenvalue weighted by molar-refractivity contribution is 0.844. The van der Waals surface area contributed by atoms with Gasteiger partial charge in [0.15, 0.2) is 10.3 Å². The Kier molecular flexibility index (Phi) is 4.98. The van der Waals surface area contributed by atoms with Crippen molar-refractivity contribution in [1.29, 1.82) is 0 Å². The van der Waals surface area contributed by atoms with E-state index >= 15 is 0 Å². The van der Waals surface area contributed by atoms with E-state index in [2.05, 4.69) is 37.2 Å². The van der Waals surface area contributed by atoms with Crippen LogP contribution in [0.4, 0.5) is 0 Å². The number of aromatic amines is 1. The smallest absolute Gasteiger partial charge is 0.267 e. The van der Waals surface area contributed by atoms with Gasteiger partial charge in [-0.05, 0) is 11.6 Å². The summed E-state index contributed by atoms with van der Waals surface area (Å²) < 4.78 is 1.36. The van der Waals surface area contributed by atoms with Crippen LogP contribution < -0.4 is 5.56 Å². The number of fused-ring (bicyclic) bond motifs is 1. The van der Waals surface area contributed by atoms with Crippen LogP contribution in [0.3, 0.4) is 0 Å². The number of nitrogens with zero attached hydrogens (tertiary/aromatic N) is 5. The number of hydrogen-bond acceptors (Lipinski definition) is 7. The lowest BCUT2D eigenvalue weighted by Gasteiger charge is -1.99. The van der Waals surface area contributed by atoms with Crippen molar-refractivity contribution < 1.29 is 0 Å². The predicted molar refractivity (Wildman–Crippen MR) is 101 cm³/mol. The molecule has 26 heavy (non-hydrogen) atoms. The van der Waals surface area contributed by atoms with E-state index in [0.29, 0.717) is 27.5 Å². The minimum atomic E-state index is -0.182. The molecular weight excluding hydrogens is 368 g/mol. The molecule has 9 heteroatoms. The fourth-order valence-electron chi connectivity index (χ4n) is 2.27. The zero-order valence-electron chi connectivity index (χ0n) is 13.6. The van der Waals surface area contributed by atoms with E-state index < -0.39 is 0 Å². The minimum Gasteiger partial charge on any atom is -0.267 e. The van der Waals surface area contributed by atoms with Crippen molar-refractivity contribution >= 4 is 29.3 Å². The third kappa shape index (κ3) is 3.94. The molecule has 4 aromatic rings. The van der Waals surface area contributed by atoms with Gasteiger partial charge in [-0.1, -0.05) is 53.9 Å². The van der Waals surface area contributed by atoms with Crippen molar-refractivity contribution in [1.82, 2.24) is 29.5 Å². The Balaban J connectivity index is 1.50. The highest BCUT2D eigenvalue weighted by atomic mass is 32.2. The molecule has 0 spiro atoms. The fourth-order valence-corrected chi connectivity index (χ4v) is 3.76. The van der Waals surface area contributed by atoms with E-state index in [-0.39, 0.29) is 5.56 Å². The summed E-state index contributed by atoms with van der Waals surface area (Å²) in [6, 6.07) is 13.4. The molecule has 1 N–H and O–H groups in total. The Morgan fingerprint density at radius 1 is 0.962 bits per heavy atom. The molecule has 0 aliphatic heterocycles. The summed E-state index contributed by atoms with van der Waals surface area (Å²) >= 11 is 2.96. The fraction of sp³-hybridized carbons (Fsp3) is 0.118. The van der Waals surface area contributed by atoms with Crippen LogP contribution in [0.15, 0.2) is 70.0 Å². The Hall–Kier alpha value is -2.65. The largest absolute Gasteiger partial charge is 0.274 e. The molecular formula is C17H14N6OS2. The Labute approximate surface area is 157 Å². The van der Waals surface area contributed by atoms with Crippen LogP contribution >= 0.6 is 23.5 Å². The number of hydrogen-bond donors (Lipinski definition) is 1. The number of nitrogens with one attached hydrogen (secondary N) is 1. The highest BCUT2D eigenvalue weighted by Crippen LogP contribution is 2.20. The zero-order valence-corrected chi connectivity index (χ0v) is 15.2. The summed E-state index contributed by atoms with van der Waals surface area (Å²) in [6.07, 6.45) is 3.37. The van der Waals surface area contributed by atoms with Gasteiger partial charge in [-0.3, -0.25) is 9.89 Å². The molecule has 0 bridgehead atoms. The van der Waals surface area contributed by atoms with E-state index in [1.54, 1.807) is 18.5 Å². The van der Waals surface area contributed by atoms with E-state index in [1.807, 2.05) is 18.2 Å². The molecule has 0 aliphatic carbocycles. The standard InChI is InChI=1S/C17H14N6OS2/c24-14-9-13(11-26-16-18-7-4-8-19-16)20-15-21-17(22-23(14)15)25-10-12-5-2-1-3-6-12/h1-9H,10-11H2,(H,20,21,22). The second-order valence-electron chi connectivity index (χ2n) is 5.34. The Bertz CT molecular complexity index is 1070. The first-order valence-corrected chi connectivity index (χ1v) is 9.80. The molecule has 4 rings (SSSR count). The molecule has 7 nitrogen and oxygen atoms in total. The monoisotopic (exact) mass is 382 g/mol. The molecule has 0 saturated carbocycles. The summed E-state index contributed by atoms with van der Waals surface area (Å²) in [7, 11) is 0. The molecule has 1 aromatic carbocycles. The average Bonchev–Trinajstić information content (AvgIpc) is 3.10. The van der Waals surface area contributed by atoms with Gasteiger partial charge in [-0.2, -0.15) is 9.50 Å². The summed E-state index contributed by atoms with van der Waals surface area (Å²) in [4.78, 5) is 29.5. The van der Waals surface area contributed by atoms with E-state index in [9.17, 15) is 4.79 Å². The minimum absolute atomic E-state index is 0.182. The van der Waals surface area contributed by atoms with Crippen molar-refractivity contribution in [2.45, 2.75) is 21.8 Å². The highest BCUT2D eigenvalue weighted by molar-refractivity contribution is 7.98. The van der Waals surface area contributed by atoms with Gasteiger partial charge in [0.2, 0.25) is 0 Å². The highest BCUT2D eigenvalue weighted by Gasteiger charge is 2.09. The van der Waals surface area contributed by atoms with Crippen LogP contribution in [-0.4, -0.2) is 29.5 Å². The average molecular weight is 382 g/mol. The van der Waals surface area contributed by atoms with Crippen molar-refractivity contribution in [2.24, 2.45) is 0 Å². The molecule has 0 atom stereocenters. The second kappa shape index (κ2) is 7.71. The quantitative estimate of drug-likeness (QED) is 0.405. The maximum atomic E-state index is 12.3. The van der Waals surface area contributed by atoms with Gasteiger partial charge >= 0.3 is 0 Å². The maximum Gasteiger partial charge on any atom is 0.274 e. The zero-order chi connectivity index (χ0) is 17.8. The third-order valence-electron chi connectivity index (χ3n) is 3.47. The molecule has 0 amide bonds. The number of thioether (sulfide) groups is 2. The Morgan fingerprint density at radius 2 is 1.77 bits per heavy atom. The molecule has 0 unspecified atom stereocenters. The lowest BCUT2D eigenvalue weighted by atomic mass is 10.2. The SMILES string of the molecule is O=c1cc(CSc2ncccn2)nc2nc(SCc3ccccc3)[nH]n12. The molecule has 0 radical (unpaired) electrons. The molecule has 0 aliphatic rings. The number of benzene rings is 1. The summed E-state index contributed by atoms with van der Waals surface area (Å²) in [5.74, 6) is 1.65. The lowest BCUT2D eigenvalue weighted by Crippen LogP contribution is -2.15. The Morgan fingerprint density at radius 3 is 2.58 bits per heavy atom. The van der Waals surface area contributed by atoms with Gasteiger partial charge in [0.25, 0.3) is 11.3 Å². The first kappa shape index (κ1) is 16.8. The number of aromatic nitrogens is 6. The normalized spacial score (nSPS) is 11.1. The summed E-state index contributed by atoms with van der Waals surface area (Å²) in [6.45, 7) is 0. The van der Waals surface area contributed by atoms with E-state index in [1.165, 1.54) is 39.7 Å². The second-order valence-corrected chi connectivity index (χ2v) is 7.25. The van der Waals surface area contributed by atoms with Gasteiger partial charge in [-0.25, -0.2) is 15.0 Å². The van der Waals surface area contributed by atoms with Crippen LogP contribution in [0.25, 0.3) is 5.78 Å². The van der Waals surface area contributed by atoms with Crippen LogP contribution in [0.1, 0.15) is 11.3 Å². The van der Waals surface area contributed by atoms with Crippen LogP contribution in [0.2, 0.25) is 0 Å². The third-order valence-corrected chi connectivity index (χ3v) is 5.32. The predicted octanol–water partition coefficient (Wildman–Crippen LogP) is 2.79. The molecule has 130 valence electrons. The van der Waals surface area contributed by atoms with Crippen molar-refractivity contribution in [2.75, 3.05) is 0 Å². The topological polar surface area (TPSA) is 88.8 Å². The molecule has 0 saturated heterocycles. The number of H-pyrrole nitrogens is 1. The van der Waals surface area contributed by atoms with Gasteiger partial charge < -0.3 is 0 Å². The summed E-state index contributed by atoms with van der Waals surface area (Å²) in [5.41, 5.74) is 1.66. The van der Waals surface area contributed by atoms with Crippen LogP contribution in [0, 0.1) is 0 Å². The molecule has 3 heterocycles. The van der Waals surface area contributed by atoms with E-state index in [0.717, 1.165) is 5.75 Å². The first-order chi connectivity index (χ1) is 12.8. The summed E-state index contributed by atoms with van der Waals surface area (Å²) in [5, 5.41) is 4.31. The van der Waals surface area contributed by atoms with E-state index in [4.69, 9.17) is 0 Å². The first-order valence-electron chi connectivity index (χ1n) is 7.83. The van der Waals surface area contributed by atoms with Crippen molar-refractivity contribution in [3.8, 4) is 0 Å². The van der Waals surface area contributed by atoms with Gasteiger partial charge in [0.1, 0.15) is 0 Å². The van der Waals surface area contributed by atoms with Gasteiger partial charge in [0, 0.05) is 30.0 Å². The van der Waals surface area contributed by atoms with Crippen LogP contribution in [0.5, 0.6) is 0 Å². The number of rotatable bonds is 6. The van der Waals surface area contributed by atoms with Crippen molar-refractivity contribution in [3.05, 3.63) is 76.5 Å².